The minimum atomic E-state index is -0.405. The number of aliphatic imine (C=N–C) groups is 4. The molecule has 0 fully saturated rings. The van der Waals surface area contributed by atoms with Crippen LogP contribution in [0.3, 0.4) is 0 Å². The lowest BCUT2D eigenvalue weighted by Crippen LogP contribution is -2.21. The van der Waals surface area contributed by atoms with Crippen molar-refractivity contribution in [2.45, 2.75) is 52.6 Å². The monoisotopic (exact) mass is 874 g/mol. The van der Waals surface area contributed by atoms with Crippen LogP contribution in [0.15, 0.2) is 105 Å². The van der Waals surface area contributed by atoms with Crippen molar-refractivity contribution in [2.75, 3.05) is 13.1 Å². The Morgan fingerprint density at radius 3 is 1.21 bits per heavy atom. The van der Waals surface area contributed by atoms with Gasteiger partial charge in [-0.25, -0.2) is 0 Å². The summed E-state index contributed by atoms with van der Waals surface area (Å²) in [5, 5.41) is 39.2. The quantitative estimate of drug-likeness (QED) is 0.0936. The van der Waals surface area contributed by atoms with E-state index in [0.717, 1.165) is 11.1 Å². The molecular formula is C38H44I2N4O4. The van der Waals surface area contributed by atoms with Gasteiger partial charge < -0.3 is 20.4 Å². The van der Waals surface area contributed by atoms with Crippen molar-refractivity contribution in [3.8, 4) is 23.0 Å². The van der Waals surface area contributed by atoms with Crippen LogP contribution in [0.25, 0.3) is 0 Å². The van der Waals surface area contributed by atoms with Crippen molar-refractivity contribution in [3.63, 3.8) is 0 Å². The van der Waals surface area contributed by atoms with Gasteiger partial charge in [0.05, 0.1) is 24.2 Å². The highest BCUT2D eigenvalue weighted by atomic mass is 128. The number of nitrogens with zero attached hydrogens (tertiary/aromatic N) is 4. The number of rotatable bonds is 10. The third-order valence-corrected chi connectivity index (χ3v) is 6.77. The third kappa shape index (κ3) is 14.5. The number of hydrogen-bond donors (Lipinski definition) is 4. The molecule has 0 spiro atoms. The molecule has 0 atom stereocenters. The lowest BCUT2D eigenvalue weighted by Gasteiger charge is -2.16. The molecule has 0 saturated carbocycles. The molecular weight excluding hydrogens is 830 g/mol. The zero-order valence-electron chi connectivity index (χ0n) is 28.1. The van der Waals surface area contributed by atoms with Crippen LogP contribution in [0.2, 0.25) is 0 Å². The number of benzene rings is 4. The number of hydrogen-bond acceptors (Lipinski definition) is 8. The SMILES string of the molecule is Cc1ccc(C=NC(C)(C)CN=Cc2ccccc2O)c(O)c1.Cc1ccc(C=NCC(C)(C)N=Cc2ccccc2O)c(O)c1.II. The van der Waals surface area contributed by atoms with Gasteiger partial charge in [0.25, 0.3) is 0 Å². The maximum absolute atomic E-state index is 9.89. The predicted molar refractivity (Wildman–Crippen MR) is 218 cm³/mol. The molecule has 0 aromatic heterocycles. The second-order valence-corrected chi connectivity index (χ2v) is 12.3. The average molecular weight is 875 g/mol. The van der Waals surface area contributed by atoms with E-state index in [2.05, 4.69) is 57.2 Å². The lowest BCUT2D eigenvalue weighted by molar-refractivity contribution is 0.473. The van der Waals surface area contributed by atoms with Crippen LogP contribution in [-0.2, 0) is 0 Å². The van der Waals surface area contributed by atoms with Gasteiger partial charge in [-0.05, 0) is 101 Å². The van der Waals surface area contributed by atoms with E-state index in [0.29, 0.717) is 35.3 Å². The van der Waals surface area contributed by atoms with E-state index < -0.39 is 11.1 Å². The Labute approximate surface area is 307 Å². The summed E-state index contributed by atoms with van der Waals surface area (Å²) in [6.07, 6.45) is 6.64. The van der Waals surface area contributed by atoms with Crippen molar-refractivity contribution < 1.29 is 20.4 Å². The summed E-state index contributed by atoms with van der Waals surface area (Å²) in [7, 11) is 0. The fourth-order valence-corrected chi connectivity index (χ4v) is 4.02. The summed E-state index contributed by atoms with van der Waals surface area (Å²) in [6.45, 7) is 12.7. The van der Waals surface area contributed by atoms with Crippen LogP contribution in [0, 0.1) is 13.8 Å². The second-order valence-electron chi connectivity index (χ2n) is 12.3. The summed E-state index contributed by atoms with van der Waals surface area (Å²) >= 11 is 4.24. The van der Waals surface area contributed by atoms with Crippen LogP contribution in [0.1, 0.15) is 61.1 Å². The molecule has 0 aliphatic rings. The zero-order valence-corrected chi connectivity index (χ0v) is 32.5. The standard InChI is InChI=1S/2C19H22N2O2.I2/c1-14-8-9-16(18(23)10-14)11-20-13-19(2,3)21-12-15-6-4-5-7-17(15)22;1-14-8-9-16(18(23)10-14)12-21-19(2,3)13-20-11-15-6-4-5-7-17(15)22;1-2/h2*4-12,22-23H,13H2,1-3H3;. The van der Waals surface area contributed by atoms with E-state index in [4.69, 9.17) is 0 Å². The van der Waals surface area contributed by atoms with Crippen molar-refractivity contribution in [3.05, 3.63) is 118 Å². The minimum absolute atomic E-state index is 0.208. The third-order valence-electron chi connectivity index (χ3n) is 6.77. The zero-order chi connectivity index (χ0) is 35.7. The van der Waals surface area contributed by atoms with E-state index in [9.17, 15) is 20.4 Å². The molecule has 0 aliphatic heterocycles. The molecule has 4 aromatic rings. The molecule has 0 amide bonds. The van der Waals surface area contributed by atoms with Crippen LogP contribution in [0.4, 0.5) is 0 Å². The topological polar surface area (TPSA) is 130 Å². The van der Waals surface area contributed by atoms with E-state index in [1.165, 1.54) is 0 Å². The highest BCUT2D eigenvalue weighted by Crippen LogP contribution is 2.20. The van der Waals surface area contributed by atoms with Gasteiger partial charge in [-0.3, -0.25) is 20.0 Å². The van der Waals surface area contributed by atoms with Gasteiger partial charge in [0.15, 0.2) is 0 Å². The normalized spacial score (nSPS) is 11.9. The molecule has 0 saturated heterocycles. The maximum Gasteiger partial charge on any atom is 0.124 e. The van der Waals surface area contributed by atoms with Crippen LogP contribution in [-0.4, -0.2) is 69.5 Å². The van der Waals surface area contributed by atoms with E-state index in [1.807, 2.05) is 84.0 Å². The Morgan fingerprint density at radius 2 is 0.833 bits per heavy atom. The van der Waals surface area contributed by atoms with Crippen molar-refractivity contribution >= 4 is 62.1 Å². The lowest BCUT2D eigenvalue weighted by atomic mass is 10.1. The summed E-state index contributed by atoms with van der Waals surface area (Å²) in [4.78, 5) is 17.7. The summed E-state index contributed by atoms with van der Waals surface area (Å²) in [6, 6.07) is 25.1. The van der Waals surface area contributed by atoms with Gasteiger partial charge >= 0.3 is 0 Å². The first-order valence-corrected chi connectivity index (χ1v) is 21.4. The first-order chi connectivity index (χ1) is 22.7. The number of halogens is 2. The number of aromatic hydroxyl groups is 4. The van der Waals surface area contributed by atoms with Crippen molar-refractivity contribution in [1.82, 2.24) is 0 Å². The molecule has 4 N–H and O–H groups in total. The number of aryl methyl sites for hydroxylation is 2. The minimum Gasteiger partial charge on any atom is -0.507 e. The molecule has 0 bridgehead atoms. The molecule has 0 heterocycles. The Balaban J connectivity index is 0.000000317. The Hall–Kier alpha value is -3.78. The Bertz CT molecular complexity index is 1730. The van der Waals surface area contributed by atoms with E-state index in [-0.39, 0.29) is 23.0 Å². The van der Waals surface area contributed by atoms with Gasteiger partial charge in [0.1, 0.15) is 23.0 Å². The number of phenols is 4. The van der Waals surface area contributed by atoms with Crippen LogP contribution in [0.5, 0.6) is 23.0 Å². The molecule has 254 valence electrons. The van der Waals surface area contributed by atoms with Crippen LogP contribution >= 0.6 is 37.2 Å². The number of para-hydroxylation sites is 2. The highest BCUT2D eigenvalue weighted by Gasteiger charge is 2.15. The molecule has 0 unspecified atom stereocenters. The predicted octanol–water partition coefficient (Wildman–Crippen LogP) is 9.22. The highest BCUT2D eigenvalue weighted by molar-refractivity contribution is 15.0. The smallest absolute Gasteiger partial charge is 0.124 e. The first kappa shape index (κ1) is 40.4. The Kier molecular flexibility index (Phi) is 16.7. The second kappa shape index (κ2) is 19.9. The largest absolute Gasteiger partial charge is 0.507 e. The summed E-state index contributed by atoms with van der Waals surface area (Å²) in [5.74, 6) is 0.869. The summed E-state index contributed by atoms with van der Waals surface area (Å²) < 4.78 is 0. The van der Waals surface area contributed by atoms with Gasteiger partial charge in [0.2, 0.25) is 0 Å². The van der Waals surface area contributed by atoms with Crippen molar-refractivity contribution in [2.24, 2.45) is 20.0 Å². The molecule has 0 aliphatic carbocycles. The summed E-state index contributed by atoms with van der Waals surface area (Å²) in [5.41, 5.74) is 3.95. The average Bonchev–Trinajstić information content (AvgIpc) is 3.03. The molecule has 8 nitrogen and oxygen atoms in total. The molecule has 10 heteroatoms. The maximum atomic E-state index is 9.89. The fourth-order valence-electron chi connectivity index (χ4n) is 4.02. The van der Waals surface area contributed by atoms with Gasteiger partial charge in [0, 0.05) is 84.3 Å². The van der Waals surface area contributed by atoms with Crippen molar-refractivity contribution in [1.29, 1.82) is 0 Å². The van der Waals surface area contributed by atoms with Gasteiger partial charge in [-0.15, -0.1) is 0 Å². The first-order valence-electron chi connectivity index (χ1n) is 15.1. The molecule has 48 heavy (non-hydrogen) atoms. The van der Waals surface area contributed by atoms with E-state index in [1.54, 1.807) is 67.3 Å². The Morgan fingerprint density at radius 1 is 0.500 bits per heavy atom. The van der Waals surface area contributed by atoms with Gasteiger partial charge in [-0.2, -0.15) is 0 Å². The molecule has 0 radical (unpaired) electrons. The molecule has 4 aromatic carbocycles. The van der Waals surface area contributed by atoms with Crippen LogP contribution < -0.4 is 0 Å². The molecule has 4 rings (SSSR count). The number of phenolic OH excluding ortho intramolecular Hbond substituents is 4. The van der Waals surface area contributed by atoms with Gasteiger partial charge in [-0.1, -0.05) is 36.4 Å². The van der Waals surface area contributed by atoms with E-state index >= 15 is 0 Å². The fraction of sp³-hybridized carbons (Fsp3) is 0.263.